The average molecular weight is 274 g/mol. The van der Waals surface area contributed by atoms with E-state index in [1.807, 2.05) is 0 Å². The van der Waals surface area contributed by atoms with Gasteiger partial charge in [0, 0.05) is 26.4 Å². The van der Waals surface area contributed by atoms with Crippen molar-refractivity contribution in [3.8, 4) is 0 Å². The van der Waals surface area contributed by atoms with Crippen molar-refractivity contribution in [3.05, 3.63) is 6.20 Å². The number of ether oxygens (including phenoxy) is 1. The third-order valence-electron chi connectivity index (χ3n) is 2.89. The van der Waals surface area contributed by atoms with Gasteiger partial charge in [-0.15, -0.1) is 0 Å². The van der Waals surface area contributed by atoms with Crippen molar-refractivity contribution in [2.75, 3.05) is 18.9 Å². The molecule has 3 N–H and O–H groups in total. The lowest BCUT2D eigenvalue weighted by Crippen LogP contribution is -2.35. The molecule has 1 fully saturated rings. The summed E-state index contributed by atoms with van der Waals surface area (Å²) in [5.74, 6) is 0.00885. The van der Waals surface area contributed by atoms with Crippen molar-refractivity contribution in [2.45, 2.75) is 30.3 Å². The number of hydrogen-bond acceptors (Lipinski definition) is 5. The van der Waals surface area contributed by atoms with E-state index in [0.29, 0.717) is 6.61 Å². The van der Waals surface area contributed by atoms with Crippen LogP contribution >= 0.6 is 0 Å². The highest BCUT2D eigenvalue weighted by Gasteiger charge is 2.23. The summed E-state index contributed by atoms with van der Waals surface area (Å²) in [4.78, 5) is 0.0146. The normalized spacial score (nSPS) is 21.1. The van der Waals surface area contributed by atoms with Crippen LogP contribution in [0.2, 0.25) is 0 Å². The number of anilines is 1. The monoisotopic (exact) mass is 274 g/mol. The Bertz CT molecular complexity index is 505. The second-order valence-electron chi connectivity index (χ2n) is 4.39. The van der Waals surface area contributed by atoms with Crippen LogP contribution < -0.4 is 10.5 Å². The standard InChI is InChI=1S/C10H18N4O3S/c1-14-7-9(10(11)13-14)18(15,16)12-6-8-4-2-3-5-17-8/h7-8,12H,2-6H2,1H3,(H2,11,13). The Labute approximate surface area is 106 Å². The second-order valence-corrected chi connectivity index (χ2v) is 6.13. The first-order valence-electron chi connectivity index (χ1n) is 5.89. The summed E-state index contributed by atoms with van der Waals surface area (Å²) in [7, 11) is -1.98. The first kappa shape index (κ1) is 13.3. The van der Waals surface area contributed by atoms with Gasteiger partial charge in [0.1, 0.15) is 4.90 Å². The van der Waals surface area contributed by atoms with Crippen LogP contribution in [0.3, 0.4) is 0 Å². The number of aryl methyl sites for hydroxylation is 1. The maximum atomic E-state index is 12.0. The van der Waals surface area contributed by atoms with Gasteiger partial charge in [-0.1, -0.05) is 0 Å². The fourth-order valence-electron chi connectivity index (χ4n) is 1.94. The topological polar surface area (TPSA) is 99.2 Å². The summed E-state index contributed by atoms with van der Waals surface area (Å²) in [5, 5.41) is 3.82. The highest BCUT2D eigenvalue weighted by Crippen LogP contribution is 2.16. The Kier molecular flexibility index (Phi) is 3.88. The zero-order valence-corrected chi connectivity index (χ0v) is 11.1. The molecule has 0 amide bonds. The molecule has 8 heteroatoms. The first-order chi connectivity index (χ1) is 8.49. The van der Waals surface area contributed by atoms with E-state index in [-0.39, 0.29) is 23.4 Å². The predicted molar refractivity (Wildman–Crippen MR) is 66.4 cm³/mol. The molecule has 1 aromatic rings. The van der Waals surface area contributed by atoms with Gasteiger partial charge in [0.15, 0.2) is 5.82 Å². The zero-order valence-electron chi connectivity index (χ0n) is 10.3. The van der Waals surface area contributed by atoms with E-state index in [1.54, 1.807) is 7.05 Å². The van der Waals surface area contributed by atoms with Crippen molar-refractivity contribution < 1.29 is 13.2 Å². The van der Waals surface area contributed by atoms with Crippen LogP contribution in [-0.4, -0.2) is 37.5 Å². The van der Waals surface area contributed by atoms with Crippen LogP contribution in [-0.2, 0) is 21.8 Å². The largest absolute Gasteiger partial charge is 0.381 e. The van der Waals surface area contributed by atoms with Crippen LogP contribution in [0.15, 0.2) is 11.1 Å². The summed E-state index contributed by atoms with van der Waals surface area (Å²) in [6.07, 6.45) is 4.33. The van der Waals surface area contributed by atoms with Crippen LogP contribution in [0.1, 0.15) is 19.3 Å². The highest BCUT2D eigenvalue weighted by molar-refractivity contribution is 7.89. The maximum Gasteiger partial charge on any atom is 0.245 e. The van der Waals surface area contributed by atoms with Crippen molar-refractivity contribution in [1.29, 1.82) is 0 Å². The number of nitrogen functional groups attached to an aromatic ring is 1. The van der Waals surface area contributed by atoms with Gasteiger partial charge in [-0.05, 0) is 19.3 Å². The Morgan fingerprint density at radius 1 is 1.61 bits per heavy atom. The molecule has 0 radical (unpaired) electrons. The minimum absolute atomic E-state index is 0.00885. The van der Waals surface area contributed by atoms with Crippen LogP contribution in [0.4, 0.5) is 5.82 Å². The third kappa shape index (κ3) is 3.01. The lowest BCUT2D eigenvalue weighted by atomic mass is 10.1. The summed E-state index contributed by atoms with van der Waals surface area (Å²) in [6.45, 7) is 0.970. The van der Waals surface area contributed by atoms with Gasteiger partial charge in [0.25, 0.3) is 0 Å². The van der Waals surface area contributed by atoms with E-state index < -0.39 is 10.0 Å². The van der Waals surface area contributed by atoms with Crippen molar-refractivity contribution in [2.24, 2.45) is 7.05 Å². The molecule has 1 aromatic heterocycles. The summed E-state index contributed by atoms with van der Waals surface area (Å²) < 4.78 is 33.4. The third-order valence-corrected chi connectivity index (χ3v) is 4.33. The van der Waals surface area contributed by atoms with E-state index in [9.17, 15) is 8.42 Å². The number of rotatable bonds is 4. The molecule has 2 heterocycles. The molecule has 1 saturated heterocycles. The minimum Gasteiger partial charge on any atom is -0.381 e. The predicted octanol–water partition coefficient (Wildman–Crippen LogP) is -0.150. The molecular weight excluding hydrogens is 256 g/mol. The van der Waals surface area contributed by atoms with E-state index in [0.717, 1.165) is 19.3 Å². The smallest absolute Gasteiger partial charge is 0.245 e. The zero-order chi connectivity index (χ0) is 13.2. The molecule has 1 unspecified atom stereocenters. The number of aromatic nitrogens is 2. The molecule has 0 aliphatic carbocycles. The van der Waals surface area contributed by atoms with Crippen LogP contribution in [0, 0.1) is 0 Å². The molecule has 1 aliphatic rings. The second kappa shape index (κ2) is 5.25. The van der Waals surface area contributed by atoms with Crippen molar-refractivity contribution in [1.82, 2.24) is 14.5 Å². The Hall–Kier alpha value is -1.12. The molecule has 0 saturated carbocycles. The lowest BCUT2D eigenvalue weighted by Gasteiger charge is -2.22. The maximum absolute atomic E-state index is 12.0. The minimum atomic E-state index is -3.61. The number of sulfonamides is 1. The van der Waals surface area contributed by atoms with Crippen molar-refractivity contribution >= 4 is 15.8 Å². The fraction of sp³-hybridized carbons (Fsp3) is 0.700. The van der Waals surface area contributed by atoms with Crippen LogP contribution in [0.25, 0.3) is 0 Å². The molecule has 2 rings (SSSR count). The quantitative estimate of drug-likeness (QED) is 0.795. The van der Waals surface area contributed by atoms with Crippen molar-refractivity contribution in [3.63, 3.8) is 0 Å². The summed E-state index contributed by atoms with van der Waals surface area (Å²) in [5.41, 5.74) is 5.55. The van der Waals surface area contributed by atoms with Crippen LogP contribution in [0.5, 0.6) is 0 Å². The Balaban J connectivity index is 2.01. The van der Waals surface area contributed by atoms with Gasteiger partial charge >= 0.3 is 0 Å². The van der Waals surface area contributed by atoms with E-state index in [1.165, 1.54) is 10.9 Å². The number of nitrogens with two attached hydrogens (primary N) is 1. The Morgan fingerprint density at radius 2 is 2.39 bits per heavy atom. The molecule has 18 heavy (non-hydrogen) atoms. The van der Waals surface area contributed by atoms with Gasteiger partial charge in [0.2, 0.25) is 10.0 Å². The molecule has 1 atom stereocenters. The van der Waals surface area contributed by atoms with Gasteiger partial charge in [0.05, 0.1) is 6.10 Å². The molecule has 1 aliphatic heterocycles. The average Bonchev–Trinajstić information content (AvgIpc) is 2.68. The Morgan fingerprint density at radius 3 is 2.94 bits per heavy atom. The molecule has 0 aromatic carbocycles. The lowest BCUT2D eigenvalue weighted by molar-refractivity contribution is 0.0200. The summed E-state index contributed by atoms with van der Waals surface area (Å²) in [6, 6.07) is 0. The van der Waals surface area contributed by atoms with E-state index >= 15 is 0 Å². The molecule has 7 nitrogen and oxygen atoms in total. The number of nitrogens with one attached hydrogen (secondary N) is 1. The van der Waals surface area contributed by atoms with E-state index in [4.69, 9.17) is 10.5 Å². The van der Waals surface area contributed by atoms with E-state index in [2.05, 4.69) is 9.82 Å². The molecule has 0 bridgehead atoms. The molecule has 0 spiro atoms. The highest BCUT2D eigenvalue weighted by atomic mass is 32.2. The van der Waals surface area contributed by atoms with Gasteiger partial charge in [-0.3, -0.25) is 4.68 Å². The molecule has 102 valence electrons. The van der Waals surface area contributed by atoms with Gasteiger partial charge < -0.3 is 10.5 Å². The number of nitrogens with zero attached hydrogens (tertiary/aromatic N) is 2. The van der Waals surface area contributed by atoms with Gasteiger partial charge in [-0.2, -0.15) is 5.10 Å². The SMILES string of the molecule is Cn1cc(S(=O)(=O)NCC2CCCCO2)c(N)n1. The molecular formula is C10H18N4O3S. The van der Waals surface area contributed by atoms with Gasteiger partial charge in [-0.25, -0.2) is 13.1 Å². The first-order valence-corrected chi connectivity index (χ1v) is 7.38. The summed E-state index contributed by atoms with van der Waals surface area (Å²) >= 11 is 0. The fourth-order valence-corrected chi connectivity index (χ4v) is 3.11. The number of hydrogen-bond donors (Lipinski definition) is 2.